The number of aliphatic hydroxyl groups excluding tert-OH is 1. The molecule has 5 rings (SSSR count). The molecule has 2 aliphatic heterocycles. The number of nitrogens with one attached hydrogen (secondary N) is 1. The van der Waals surface area contributed by atoms with Gasteiger partial charge in [0.2, 0.25) is 0 Å². The summed E-state index contributed by atoms with van der Waals surface area (Å²) < 4.78 is 18.2. The number of rotatable bonds is 10. The highest BCUT2D eigenvalue weighted by Gasteiger charge is 2.33. The maximum atomic E-state index is 11.8. The number of alkyl carbamates (subject to hydrolysis) is 1. The van der Waals surface area contributed by atoms with Gasteiger partial charge in [0.15, 0.2) is 6.29 Å². The summed E-state index contributed by atoms with van der Waals surface area (Å²) in [5.74, 6) is 0. The molecule has 0 radical (unpaired) electrons. The number of carbonyl (C=O) groups excluding carboxylic acids is 1. The lowest BCUT2D eigenvalue weighted by molar-refractivity contribution is -0.253. The van der Waals surface area contributed by atoms with Gasteiger partial charge in [0.1, 0.15) is 6.61 Å². The van der Waals surface area contributed by atoms with Crippen molar-refractivity contribution in [3.05, 3.63) is 108 Å². The molecule has 7 heteroatoms. The predicted molar refractivity (Wildman–Crippen MR) is 159 cm³/mol. The molecule has 216 valence electrons. The van der Waals surface area contributed by atoms with Crippen molar-refractivity contribution in [2.75, 3.05) is 26.2 Å². The molecule has 2 N–H and O–H groups in total. The van der Waals surface area contributed by atoms with Crippen molar-refractivity contribution in [3.8, 4) is 11.1 Å². The number of likely N-dealkylation sites (tertiary alicyclic amines) is 1. The normalized spacial score (nSPS) is 21.2. The highest BCUT2D eigenvalue weighted by atomic mass is 16.7. The van der Waals surface area contributed by atoms with E-state index in [1.807, 2.05) is 30.3 Å². The standard InChI is InChI=1S/C34H40N2O5/c1-2-18-39-34(38)35-22-26-8-6-9-28(19-26)29-10-7-11-30(20-29)33-40-31(23-36-16-4-3-5-17-36)21-32(41-33)27-14-12-25(24-37)13-15-27/h2,6-15,19-20,31-33,37H,1,3-5,16-18,21-24H2,(H,35,38)/t31-,32+,33+/m0/s1. The highest BCUT2D eigenvalue weighted by molar-refractivity contribution is 5.68. The van der Waals surface area contributed by atoms with Crippen LogP contribution in [-0.4, -0.2) is 48.4 Å². The molecule has 3 atom stereocenters. The topological polar surface area (TPSA) is 80.3 Å². The van der Waals surface area contributed by atoms with Gasteiger partial charge in [-0.2, -0.15) is 0 Å². The zero-order valence-corrected chi connectivity index (χ0v) is 23.5. The minimum Gasteiger partial charge on any atom is -0.445 e. The van der Waals surface area contributed by atoms with E-state index in [4.69, 9.17) is 14.2 Å². The average molecular weight is 557 g/mol. The van der Waals surface area contributed by atoms with Crippen LogP contribution in [0.4, 0.5) is 4.79 Å². The third kappa shape index (κ3) is 8.05. The smallest absolute Gasteiger partial charge is 0.407 e. The van der Waals surface area contributed by atoms with E-state index in [1.165, 1.54) is 25.3 Å². The van der Waals surface area contributed by atoms with Crippen LogP contribution in [0.25, 0.3) is 11.1 Å². The SMILES string of the molecule is C=CCOC(=O)NCc1cccc(-c2cccc([C@@H]3O[C@H](CN4CCCCC4)C[C@H](c4ccc(CO)cc4)O3)c2)c1. The van der Waals surface area contributed by atoms with Crippen molar-refractivity contribution < 1.29 is 24.1 Å². The molecule has 3 aromatic carbocycles. The minimum absolute atomic E-state index is 0.0264. The molecule has 7 nitrogen and oxygen atoms in total. The number of hydrogen-bond acceptors (Lipinski definition) is 6. The molecule has 1 amide bonds. The van der Waals surface area contributed by atoms with E-state index < -0.39 is 12.4 Å². The van der Waals surface area contributed by atoms with Crippen molar-refractivity contribution in [3.63, 3.8) is 0 Å². The van der Waals surface area contributed by atoms with E-state index in [-0.39, 0.29) is 25.4 Å². The van der Waals surface area contributed by atoms with E-state index in [0.29, 0.717) is 6.54 Å². The van der Waals surface area contributed by atoms with Crippen molar-refractivity contribution in [2.24, 2.45) is 0 Å². The van der Waals surface area contributed by atoms with Crippen molar-refractivity contribution in [2.45, 2.75) is 57.3 Å². The summed E-state index contributed by atoms with van der Waals surface area (Å²) in [4.78, 5) is 14.4. The van der Waals surface area contributed by atoms with Gasteiger partial charge in [-0.1, -0.05) is 79.7 Å². The molecule has 0 saturated carbocycles. The van der Waals surface area contributed by atoms with Crippen molar-refractivity contribution >= 4 is 6.09 Å². The molecule has 3 aromatic rings. The minimum atomic E-state index is -0.495. The van der Waals surface area contributed by atoms with Crippen molar-refractivity contribution in [1.82, 2.24) is 10.2 Å². The number of carbonyl (C=O) groups is 1. The Labute approximate surface area is 242 Å². The third-order valence-electron chi connectivity index (χ3n) is 7.71. The van der Waals surface area contributed by atoms with Crippen LogP contribution < -0.4 is 5.32 Å². The number of ether oxygens (including phenoxy) is 3. The first-order chi connectivity index (χ1) is 20.1. The molecular weight excluding hydrogens is 516 g/mol. The Morgan fingerprint density at radius 2 is 1.71 bits per heavy atom. The van der Waals surface area contributed by atoms with Gasteiger partial charge in [-0.15, -0.1) is 0 Å². The Bertz CT molecular complexity index is 1290. The second-order valence-electron chi connectivity index (χ2n) is 10.8. The van der Waals surface area contributed by atoms with Gasteiger partial charge in [-0.3, -0.25) is 0 Å². The summed E-state index contributed by atoms with van der Waals surface area (Å²) in [6.07, 6.45) is 5.10. The first-order valence-electron chi connectivity index (χ1n) is 14.5. The van der Waals surface area contributed by atoms with Gasteiger partial charge in [0.25, 0.3) is 0 Å². The van der Waals surface area contributed by atoms with E-state index in [2.05, 4.69) is 59.3 Å². The number of hydrogen-bond donors (Lipinski definition) is 2. The molecule has 0 aromatic heterocycles. The largest absolute Gasteiger partial charge is 0.445 e. The van der Waals surface area contributed by atoms with Gasteiger partial charge in [0.05, 0.1) is 18.8 Å². The molecule has 0 unspecified atom stereocenters. The summed E-state index contributed by atoms with van der Waals surface area (Å²) in [6, 6.07) is 24.4. The van der Waals surface area contributed by atoms with E-state index in [0.717, 1.165) is 59.4 Å². The fourth-order valence-corrected chi connectivity index (χ4v) is 5.55. The Hall–Kier alpha value is -3.49. The lowest BCUT2D eigenvalue weighted by Crippen LogP contribution is -2.41. The number of amides is 1. The average Bonchev–Trinajstić information content (AvgIpc) is 3.03. The summed E-state index contributed by atoms with van der Waals surface area (Å²) in [7, 11) is 0. The third-order valence-corrected chi connectivity index (χ3v) is 7.71. The fraction of sp³-hybridized carbons (Fsp3) is 0.382. The maximum Gasteiger partial charge on any atom is 0.407 e. The van der Waals surface area contributed by atoms with E-state index >= 15 is 0 Å². The van der Waals surface area contributed by atoms with Gasteiger partial charge >= 0.3 is 6.09 Å². The Balaban J connectivity index is 1.33. The zero-order chi connectivity index (χ0) is 28.4. The first-order valence-corrected chi connectivity index (χ1v) is 14.5. The Morgan fingerprint density at radius 1 is 0.951 bits per heavy atom. The molecule has 0 aliphatic carbocycles. The van der Waals surface area contributed by atoms with Crippen LogP contribution in [0, 0.1) is 0 Å². The Kier molecular flexibility index (Phi) is 10.2. The van der Waals surface area contributed by atoms with Crippen molar-refractivity contribution in [1.29, 1.82) is 0 Å². The summed E-state index contributed by atoms with van der Waals surface area (Å²) in [6.45, 7) is 7.27. The molecule has 2 saturated heterocycles. The number of benzene rings is 3. The first kappa shape index (κ1) is 29.0. The van der Waals surface area contributed by atoms with Crippen LogP contribution in [0.2, 0.25) is 0 Å². The molecule has 2 fully saturated rings. The van der Waals surface area contributed by atoms with Crippen LogP contribution in [0.15, 0.2) is 85.5 Å². The van der Waals surface area contributed by atoms with Crippen LogP contribution in [-0.2, 0) is 27.4 Å². The maximum absolute atomic E-state index is 11.8. The van der Waals surface area contributed by atoms with Crippen LogP contribution >= 0.6 is 0 Å². The second kappa shape index (κ2) is 14.4. The van der Waals surface area contributed by atoms with Gasteiger partial charge in [0, 0.05) is 25.1 Å². The molecule has 41 heavy (non-hydrogen) atoms. The molecule has 0 spiro atoms. The molecule has 2 heterocycles. The lowest BCUT2D eigenvalue weighted by atomic mass is 9.98. The van der Waals surface area contributed by atoms with Gasteiger partial charge in [-0.05, 0) is 65.9 Å². The molecular formula is C34H40N2O5. The number of nitrogens with zero attached hydrogens (tertiary/aromatic N) is 1. The van der Waals surface area contributed by atoms with E-state index in [9.17, 15) is 9.90 Å². The number of piperidine rings is 1. The summed E-state index contributed by atoms with van der Waals surface area (Å²) >= 11 is 0. The lowest BCUT2D eigenvalue weighted by Gasteiger charge is -2.39. The fourth-order valence-electron chi connectivity index (χ4n) is 5.55. The number of aliphatic hydroxyl groups is 1. The summed E-state index contributed by atoms with van der Waals surface area (Å²) in [5.41, 5.74) is 6.03. The van der Waals surface area contributed by atoms with E-state index in [1.54, 1.807) is 0 Å². The van der Waals surface area contributed by atoms with Gasteiger partial charge < -0.3 is 29.5 Å². The molecule has 0 bridgehead atoms. The Morgan fingerprint density at radius 3 is 2.46 bits per heavy atom. The zero-order valence-electron chi connectivity index (χ0n) is 23.5. The highest BCUT2D eigenvalue weighted by Crippen LogP contribution is 2.39. The molecule has 2 aliphatic rings. The second-order valence-corrected chi connectivity index (χ2v) is 10.8. The van der Waals surface area contributed by atoms with Crippen LogP contribution in [0.5, 0.6) is 0 Å². The summed E-state index contributed by atoms with van der Waals surface area (Å²) in [5, 5.41) is 12.3. The quantitative estimate of drug-likeness (QED) is 0.286. The monoisotopic (exact) mass is 556 g/mol. The predicted octanol–water partition coefficient (Wildman–Crippen LogP) is 6.29. The van der Waals surface area contributed by atoms with Crippen LogP contribution in [0.1, 0.15) is 60.3 Å². The van der Waals surface area contributed by atoms with Crippen LogP contribution in [0.3, 0.4) is 0 Å². The van der Waals surface area contributed by atoms with Gasteiger partial charge in [-0.25, -0.2) is 4.79 Å².